The van der Waals surface area contributed by atoms with Crippen LogP contribution >= 0.6 is 23.4 Å². The van der Waals surface area contributed by atoms with Gasteiger partial charge in [0.15, 0.2) is 0 Å². The number of hydrogen-bond donors (Lipinski definition) is 0. The van der Waals surface area contributed by atoms with E-state index in [0.29, 0.717) is 26.9 Å². The minimum Gasteiger partial charge on any atom is -0.549 e. The molecule has 4 nitrogen and oxygen atoms in total. The molecule has 0 spiro atoms. The predicted octanol–water partition coefficient (Wildman–Crippen LogP) is 4.48. The van der Waals surface area contributed by atoms with Crippen LogP contribution in [0.1, 0.15) is 18.1 Å². The summed E-state index contributed by atoms with van der Waals surface area (Å²) in [6, 6.07) is 19.0. The Morgan fingerprint density at radius 3 is 2.32 bits per heavy atom. The highest BCUT2D eigenvalue weighted by Gasteiger charge is 2.18. The van der Waals surface area contributed by atoms with E-state index in [1.807, 2.05) is 49.4 Å². The summed E-state index contributed by atoms with van der Waals surface area (Å²) in [7, 11) is 0. The van der Waals surface area contributed by atoms with Crippen LogP contribution in [0.4, 0.5) is 0 Å². The molecule has 1 aromatic heterocycles. The molecular formula is C22H16ClN2O2S-. The van der Waals surface area contributed by atoms with Gasteiger partial charge in [-0.1, -0.05) is 65.3 Å². The smallest absolute Gasteiger partial charge is 0.116 e. The second-order valence-electron chi connectivity index (χ2n) is 6.30. The Morgan fingerprint density at radius 2 is 1.75 bits per heavy atom. The average Bonchev–Trinajstić information content (AvgIpc) is 2.68. The molecule has 0 aliphatic carbocycles. The van der Waals surface area contributed by atoms with Gasteiger partial charge in [0.05, 0.1) is 17.2 Å². The number of carboxylic acids is 1. The largest absolute Gasteiger partial charge is 0.549 e. The van der Waals surface area contributed by atoms with Crippen LogP contribution in [0.3, 0.4) is 0 Å². The van der Waals surface area contributed by atoms with E-state index in [0.717, 1.165) is 28.5 Å². The molecule has 0 N–H and O–H groups in total. The minimum absolute atomic E-state index is 0.330. The quantitative estimate of drug-likeness (QED) is 0.583. The number of nitrogens with zero attached hydrogens (tertiary/aromatic N) is 2. The van der Waals surface area contributed by atoms with Gasteiger partial charge in [-0.15, -0.1) is 0 Å². The summed E-state index contributed by atoms with van der Waals surface area (Å²) in [5.74, 6) is -1.20. The van der Waals surface area contributed by atoms with Crippen molar-refractivity contribution >= 4 is 29.3 Å². The number of hydrogen-bond acceptors (Lipinski definition) is 5. The minimum atomic E-state index is -1.20. The van der Waals surface area contributed by atoms with Gasteiger partial charge in [0.2, 0.25) is 0 Å². The van der Waals surface area contributed by atoms with E-state index >= 15 is 0 Å². The number of nitriles is 1. The molecule has 0 aliphatic heterocycles. The Kier molecular flexibility index (Phi) is 6.03. The van der Waals surface area contributed by atoms with Crippen LogP contribution in [0.15, 0.2) is 59.6 Å². The zero-order valence-electron chi connectivity index (χ0n) is 15.3. The van der Waals surface area contributed by atoms with Gasteiger partial charge >= 0.3 is 0 Å². The first-order chi connectivity index (χ1) is 13.4. The second kappa shape index (κ2) is 8.47. The topological polar surface area (TPSA) is 76.8 Å². The van der Waals surface area contributed by atoms with Crippen molar-refractivity contribution in [3.63, 3.8) is 0 Å². The van der Waals surface area contributed by atoms with E-state index in [-0.39, 0.29) is 0 Å². The van der Waals surface area contributed by atoms with Gasteiger partial charge < -0.3 is 9.90 Å². The van der Waals surface area contributed by atoms with Gasteiger partial charge in [-0.2, -0.15) is 5.26 Å². The molecule has 6 heteroatoms. The zero-order chi connectivity index (χ0) is 20.3. The lowest BCUT2D eigenvalue weighted by Gasteiger charge is -2.16. The number of carbonyl (C=O) groups is 1. The summed E-state index contributed by atoms with van der Waals surface area (Å²) < 4.78 is 0. The fraction of sp³-hybridized carbons (Fsp3) is 0.136. The molecule has 0 saturated heterocycles. The van der Waals surface area contributed by atoms with E-state index in [1.54, 1.807) is 12.1 Å². The number of thioether (sulfide) groups is 1. The molecule has 140 valence electrons. The lowest BCUT2D eigenvalue weighted by molar-refractivity contribution is -0.304. The molecule has 0 unspecified atom stereocenters. The summed E-state index contributed by atoms with van der Waals surface area (Å²) >= 11 is 7.00. The molecule has 0 saturated carbocycles. The van der Waals surface area contributed by atoms with Crippen molar-refractivity contribution in [1.29, 1.82) is 5.26 Å². The molecule has 1 atom stereocenters. The Hall–Kier alpha value is -2.81. The van der Waals surface area contributed by atoms with Gasteiger partial charge in [-0.3, -0.25) is 0 Å². The maximum Gasteiger partial charge on any atom is 0.116 e. The molecule has 0 fully saturated rings. The molecule has 1 heterocycles. The van der Waals surface area contributed by atoms with Crippen molar-refractivity contribution in [2.75, 3.05) is 0 Å². The number of carboxylic acid groups (broad SMARTS) is 1. The van der Waals surface area contributed by atoms with Crippen molar-refractivity contribution < 1.29 is 9.90 Å². The van der Waals surface area contributed by atoms with Crippen LogP contribution in [-0.4, -0.2) is 16.2 Å². The Morgan fingerprint density at radius 1 is 1.14 bits per heavy atom. The van der Waals surface area contributed by atoms with E-state index in [4.69, 9.17) is 11.6 Å². The van der Waals surface area contributed by atoms with E-state index in [1.165, 1.54) is 6.92 Å². The van der Waals surface area contributed by atoms with Crippen molar-refractivity contribution in [1.82, 2.24) is 4.98 Å². The molecule has 0 bridgehead atoms. The average molecular weight is 408 g/mol. The first kappa shape index (κ1) is 19.9. The SMILES string of the molecule is Cc1ccc(-c2cc(-c3ccc(Cl)cc3)c(C#N)c(S[C@@H](C)C(=O)[O-])n2)cc1. The maximum atomic E-state index is 11.2. The fourth-order valence-electron chi connectivity index (χ4n) is 2.66. The second-order valence-corrected chi connectivity index (χ2v) is 8.06. The van der Waals surface area contributed by atoms with Crippen molar-refractivity contribution in [3.05, 3.63) is 70.7 Å². The van der Waals surface area contributed by atoms with Crippen LogP contribution in [0.5, 0.6) is 0 Å². The number of pyridine rings is 1. The summed E-state index contributed by atoms with van der Waals surface area (Å²) in [6.45, 7) is 3.52. The Balaban J connectivity index is 2.22. The third kappa shape index (κ3) is 4.36. The molecule has 0 aliphatic rings. The first-order valence-corrected chi connectivity index (χ1v) is 9.80. The van der Waals surface area contributed by atoms with Crippen molar-refractivity contribution in [2.45, 2.75) is 24.1 Å². The lowest BCUT2D eigenvalue weighted by Crippen LogP contribution is -2.31. The molecule has 2 aromatic carbocycles. The highest BCUT2D eigenvalue weighted by atomic mass is 35.5. The molecule has 28 heavy (non-hydrogen) atoms. The highest BCUT2D eigenvalue weighted by Crippen LogP contribution is 2.36. The Labute approximate surface area is 172 Å². The molecule has 0 radical (unpaired) electrons. The zero-order valence-corrected chi connectivity index (χ0v) is 16.8. The maximum absolute atomic E-state index is 11.2. The summed E-state index contributed by atoms with van der Waals surface area (Å²) in [5.41, 5.74) is 4.48. The molecular weight excluding hydrogens is 392 g/mol. The fourth-order valence-corrected chi connectivity index (χ4v) is 3.64. The molecule has 0 amide bonds. The standard InChI is InChI=1S/C22H17ClN2O2S/c1-13-3-5-16(6-4-13)20-11-18(15-7-9-17(23)10-8-15)19(12-24)21(25-20)28-14(2)22(26)27/h3-11,14H,1-2H3,(H,26,27)/p-1/t14-/m0/s1. The number of aryl methyl sites for hydroxylation is 1. The van der Waals surface area contributed by atoms with E-state index in [2.05, 4.69) is 11.1 Å². The predicted molar refractivity (Wildman–Crippen MR) is 110 cm³/mol. The third-order valence-electron chi connectivity index (χ3n) is 4.22. The summed E-state index contributed by atoms with van der Waals surface area (Å²) in [5, 5.41) is 21.1. The van der Waals surface area contributed by atoms with Crippen LogP contribution in [0, 0.1) is 18.3 Å². The number of carbonyl (C=O) groups excluding carboxylic acids is 1. The number of aliphatic carboxylic acids is 1. The summed E-state index contributed by atoms with van der Waals surface area (Å²) in [6.07, 6.45) is 0. The first-order valence-electron chi connectivity index (χ1n) is 8.54. The highest BCUT2D eigenvalue weighted by molar-refractivity contribution is 8.00. The van der Waals surface area contributed by atoms with Crippen molar-refractivity contribution in [2.24, 2.45) is 0 Å². The van der Waals surface area contributed by atoms with Crippen LogP contribution in [-0.2, 0) is 4.79 Å². The number of halogens is 1. The van der Waals surface area contributed by atoms with Crippen LogP contribution in [0.2, 0.25) is 5.02 Å². The van der Waals surface area contributed by atoms with Crippen LogP contribution in [0.25, 0.3) is 22.4 Å². The normalized spacial score (nSPS) is 11.6. The van der Waals surface area contributed by atoms with Gasteiger partial charge in [0, 0.05) is 21.4 Å². The number of aromatic nitrogens is 1. The van der Waals surface area contributed by atoms with Gasteiger partial charge in [-0.05, 0) is 37.6 Å². The third-order valence-corrected chi connectivity index (χ3v) is 5.54. The molecule has 3 aromatic rings. The van der Waals surface area contributed by atoms with E-state index < -0.39 is 11.2 Å². The van der Waals surface area contributed by atoms with Crippen molar-refractivity contribution in [3.8, 4) is 28.5 Å². The van der Waals surface area contributed by atoms with Gasteiger partial charge in [-0.25, -0.2) is 4.98 Å². The number of rotatable bonds is 5. The molecule has 3 rings (SSSR count). The number of benzene rings is 2. The van der Waals surface area contributed by atoms with Gasteiger partial charge in [0.25, 0.3) is 0 Å². The monoisotopic (exact) mass is 407 g/mol. The summed E-state index contributed by atoms with van der Waals surface area (Å²) in [4.78, 5) is 15.8. The Bertz CT molecular complexity index is 1060. The van der Waals surface area contributed by atoms with Gasteiger partial charge in [0.1, 0.15) is 11.1 Å². The van der Waals surface area contributed by atoms with E-state index in [9.17, 15) is 15.2 Å². The lowest BCUT2D eigenvalue weighted by atomic mass is 9.99. The van der Waals surface area contributed by atoms with Crippen LogP contribution < -0.4 is 5.11 Å².